The predicted octanol–water partition coefficient (Wildman–Crippen LogP) is 1.12. The Kier molecular flexibility index (Phi) is 6.15. The number of ether oxygens (including phenoxy) is 1. The maximum atomic E-state index is 13.4. The standard InChI is InChI=1S/C16H23FN2O3/c1-13(20)12-18-7-9-19(10-8-18)16(21)6-11-22-15-5-3-2-4-14(15)17/h2-5,13,20H,6-12H2,1H3. The zero-order valence-corrected chi connectivity index (χ0v) is 12.9. The third-order valence-electron chi connectivity index (χ3n) is 3.66. The average molecular weight is 310 g/mol. The number of halogens is 1. The molecule has 1 saturated heterocycles. The Morgan fingerprint density at radius 3 is 2.64 bits per heavy atom. The summed E-state index contributed by atoms with van der Waals surface area (Å²) in [5, 5.41) is 9.36. The third-order valence-corrected chi connectivity index (χ3v) is 3.66. The predicted molar refractivity (Wildman–Crippen MR) is 81.2 cm³/mol. The lowest BCUT2D eigenvalue weighted by Crippen LogP contribution is -2.50. The van der Waals surface area contributed by atoms with Crippen molar-refractivity contribution in [2.75, 3.05) is 39.3 Å². The summed E-state index contributed by atoms with van der Waals surface area (Å²) >= 11 is 0. The molecule has 0 spiro atoms. The second kappa shape index (κ2) is 8.10. The fourth-order valence-corrected chi connectivity index (χ4v) is 2.52. The van der Waals surface area contributed by atoms with Gasteiger partial charge in [-0.2, -0.15) is 0 Å². The van der Waals surface area contributed by atoms with E-state index in [1.165, 1.54) is 6.07 Å². The van der Waals surface area contributed by atoms with Crippen molar-refractivity contribution >= 4 is 5.91 Å². The van der Waals surface area contributed by atoms with Gasteiger partial charge in [0.15, 0.2) is 11.6 Å². The van der Waals surface area contributed by atoms with Crippen molar-refractivity contribution in [1.82, 2.24) is 9.80 Å². The van der Waals surface area contributed by atoms with E-state index in [1.807, 2.05) is 0 Å². The van der Waals surface area contributed by atoms with Gasteiger partial charge in [-0.05, 0) is 19.1 Å². The van der Waals surface area contributed by atoms with Gasteiger partial charge in [0.05, 0.1) is 19.1 Å². The summed E-state index contributed by atoms with van der Waals surface area (Å²) in [5.74, 6) is -0.216. The number of benzene rings is 1. The monoisotopic (exact) mass is 310 g/mol. The fourth-order valence-electron chi connectivity index (χ4n) is 2.52. The molecule has 1 atom stereocenters. The van der Waals surface area contributed by atoms with Crippen LogP contribution in [0, 0.1) is 5.82 Å². The highest BCUT2D eigenvalue weighted by Crippen LogP contribution is 2.15. The smallest absolute Gasteiger partial charge is 0.226 e. The Balaban J connectivity index is 1.69. The molecule has 1 heterocycles. The first-order valence-electron chi connectivity index (χ1n) is 7.62. The quantitative estimate of drug-likeness (QED) is 0.855. The van der Waals surface area contributed by atoms with Gasteiger partial charge in [-0.15, -0.1) is 0 Å². The molecule has 0 saturated carbocycles. The average Bonchev–Trinajstić information content (AvgIpc) is 2.49. The summed E-state index contributed by atoms with van der Waals surface area (Å²) in [7, 11) is 0. The van der Waals surface area contributed by atoms with Crippen LogP contribution in [-0.2, 0) is 4.79 Å². The molecule has 1 fully saturated rings. The molecule has 5 nitrogen and oxygen atoms in total. The normalized spacial score (nSPS) is 17.3. The first-order valence-corrected chi connectivity index (χ1v) is 7.62. The molecule has 122 valence electrons. The minimum Gasteiger partial charge on any atom is -0.490 e. The summed E-state index contributed by atoms with van der Waals surface area (Å²) < 4.78 is 18.7. The zero-order chi connectivity index (χ0) is 15.9. The second-order valence-electron chi connectivity index (χ2n) is 5.56. The second-order valence-corrected chi connectivity index (χ2v) is 5.56. The molecule has 1 N–H and O–H groups in total. The van der Waals surface area contributed by atoms with Gasteiger partial charge in [0.1, 0.15) is 0 Å². The Bertz CT molecular complexity index is 488. The van der Waals surface area contributed by atoms with E-state index in [9.17, 15) is 14.3 Å². The molecule has 0 radical (unpaired) electrons. The van der Waals surface area contributed by atoms with Crippen LogP contribution in [0.15, 0.2) is 24.3 Å². The third kappa shape index (κ3) is 4.96. The summed E-state index contributed by atoms with van der Waals surface area (Å²) in [6, 6.07) is 6.18. The number of carbonyl (C=O) groups is 1. The van der Waals surface area contributed by atoms with Crippen LogP contribution in [0.25, 0.3) is 0 Å². The van der Waals surface area contributed by atoms with Gasteiger partial charge >= 0.3 is 0 Å². The molecule has 1 aliphatic heterocycles. The Hall–Kier alpha value is -1.66. The molecule has 1 aromatic carbocycles. The number of para-hydroxylation sites is 1. The van der Waals surface area contributed by atoms with Gasteiger partial charge in [-0.3, -0.25) is 9.69 Å². The lowest BCUT2D eigenvalue weighted by Gasteiger charge is -2.35. The van der Waals surface area contributed by atoms with Crippen molar-refractivity contribution < 1.29 is 19.0 Å². The lowest BCUT2D eigenvalue weighted by atomic mass is 10.2. The number of nitrogens with zero attached hydrogens (tertiary/aromatic N) is 2. The summed E-state index contributed by atoms with van der Waals surface area (Å²) in [4.78, 5) is 16.0. The van der Waals surface area contributed by atoms with Crippen LogP contribution >= 0.6 is 0 Å². The molecule has 1 aromatic rings. The van der Waals surface area contributed by atoms with Gasteiger partial charge in [0.25, 0.3) is 0 Å². The van der Waals surface area contributed by atoms with E-state index in [2.05, 4.69) is 4.90 Å². The van der Waals surface area contributed by atoms with Crippen molar-refractivity contribution in [3.63, 3.8) is 0 Å². The maximum absolute atomic E-state index is 13.4. The van der Waals surface area contributed by atoms with E-state index < -0.39 is 5.82 Å². The van der Waals surface area contributed by atoms with Gasteiger partial charge in [0, 0.05) is 32.7 Å². The topological polar surface area (TPSA) is 53.0 Å². The van der Waals surface area contributed by atoms with Crippen molar-refractivity contribution in [3.05, 3.63) is 30.1 Å². The first-order chi connectivity index (χ1) is 10.6. The Morgan fingerprint density at radius 2 is 2.00 bits per heavy atom. The molecular formula is C16H23FN2O3. The van der Waals surface area contributed by atoms with Crippen LogP contribution in [0.4, 0.5) is 4.39 Å². The Labute approximate surface area is 130 Å². The summed E-state index contributed by atoms with van der Waals surface area (Å²) in [5.41, 5.74) is 0. The number of β-amino-alcohol motifs (C(OH)–C–C–N with tert-alkyl or cyclic N) is 1. The SMILES string of the molecule is CC(O)CN1CCN(C(=O)CCOc2ccccc2F)CC1. The number of hydrogen-bond donors (Lipinski definition) is 1. The highest BCUT2D eigenvalue weighted by molar-refractivity contribution is 5.76. The van der Waals surface area contributed by atoms with Crippen LogP contribution < -0.4 is 4.74 Å². The molecule has 1 unspecified atom stereocenters. The molecule has 1 aliphatic rings. The number of amides is 1. The van der Waals surface area contributed by atoms with E-state index in [0.29, 0.717) is 19.6 Å². The highest BCUT2D eigenvalue weighted by Gasteiger charge is 2.21. The fraction of sp³-hybridized carbons (Fsp3) is 0.562. The van der Waals surface area contributed by atoms with Crippen molar-refractivity contribution in [1.29, 1.82) is 0 Å². The van der Waals surface area contributed by atoms with E-state index in [0.717, 1.165) is 13.1 Å². The van der Waals surface area contributed by atoms with Gasteiger partial charge in [-0.1, -0.05) is 12.1 Å². The van der Waals surface area contributed by atoms with E-state index in [4.69, 9.17) is 4.74 Å². The van der Waals surface area contributed by atoms with Gasteiger partial charge in [-0.25, -0.2) is 4.39 Å². The van der Waals surface area contributed by atoms with Gasteiger partial charge in [0.2, 0.25) is 5.91 Å². The molecular weight excluding hydrogens is 287 g/mol. The largest absolute Gasteiger partial charge is 0.490 e. The van der Waals surface area contributed by atoms with Crippen molar-refractivity contribution in [2.45, 2.75) is 19.4 Å². The highest BCUT2D eigenvalue weighted by atomic mass is 19.1. The molecule has 2 rings (SSSR count). The molecule has 0 bridgehead atoms. The maximum Gasteiger partial charge on any atom is 0.226 e. The van der Waals surface area contributed by atoms with Crippen LogP contribution in [0.1, 0.15) is 13.3 Å². The summed E-state index contributed by atoms with van der Waals surface area (Å²) in [6.07, 6.45) is -0.110. The van der Waals surface area contributed by atoms with E-state index in [1.54, 1.807) is 30.0 Å². The molecule has 22 heavy (non-hydrogen) atoms. The van der Waals surface area contributed by atoms with Crippen LogP contribution in [-0.4, -0.2) is 66.2 Å². The van der Waals surface area contributed by atoms with E-state index in [-0.39, 0.29) is 30.8 Å². The van der Waals surface area contributed by atoms with Crippen LogP contribution in [0.3, 0.4) is 0 Å². The molecule has 6 heteroatoms. The lowest BCUT2D eigenvalue weighted by molar-refractivity contribution is -0.133. The number of piperazine rings is 1. The minimum atomic E-state index is -0.415. The molecule has 0 aromatic heterocycles. The number of hydrogen-bond acceptors (Lipinski definition) is 4. The van der Waals surface area contributed by atoms with E-state index >= 15 is 0 Å². The van der Waals surface area contributed by atoms with Crippen molar-refractivity contribution in [3.8, 4) is 5.75 Å². The van der Waals surface area contributed by atoms with Crippen LogP contribution in [0.2, 0.25) is 0 Å². The molecule has 0 aliphatic carbocycles. The number of carbonyl (C=O) groups excluding carboxylic acids is 1. The van der Waals surface area contributed by atoms with Crippen LogP contribution in [0.5, 0.6) is 5.75 Å². The summed E-state index contributed by atoms with van der Waals surface area (Å²) in [6.45, 7) is 5.43. The first kappa shape index (κ1) is 16.7. The van der Waals surface area contributed by atoms with Gasteiger partial charge < -0.3 is 14.7 Å². The number of aliphatic hydroxyl groups is 1. The Morgan fingerprint density at radius 1 is 1.32 bits per heavy atom. The number of aliphatic hydroxyl groups excluding tert-OH is 1. The van der Waals surface area contributed by atoms with Crippen molar-refractivity contribution in [2.24, 2.45) is 0 Å². The molecule has 1 amide bonds. The minimum absolute atomic E-state index is 0.0213. The number of rotatable bonds is 6. The zero-order valence-electron chi connectivity index (χ0n) is 12.9.